The van der Waals surface area contributed by atoms with Crippen LogP contribution >= 0.6 is 0 Å². The summed E-state index contributed by atoms with van der Waals surface area (Å²) in [6, 6.07) is 29.3. The van der Waals surface area contributed by atoms with Gasteiger partial charge in [-0.2, -0.15) is 0 Å². The zero-order valence-corrected chi connectivity index (χ0v) is 32.9. The van der Waals surface area contributed by atoms with Gasteiger partial charge < -0.3 is 9.40 Å². The van der Waals surface area contributed by atoms with Crippen LogP contribution in [0.5, 0.6) is 0 Å². The van der Waals surface area contributed by atoms with Gasteiger partial charge in [0.05, 0.1) is 5.58 Å². The van der Waals surface area contributed by atoms with E-state index in [1.165, 1.54) is 17.5 Å². The van der Waals surface area contributed by atoms with Crippen molar-refractivity contribution in [1.29, 1.82) is 0 Å². The third-order valence-electron chi connectivity index (χ3n) is 8.20. The smallest absolute Gasteiger partial charge is 0.216 e. The van der Waals surface area contributed by atoms with Crippen molar-refractivity contribution < 1.29 is 24.5 Å². The Kier molecular flexibility index (Phi) is 12.2. The van der Waals surface area contributed by atoms with Crippen LogP contribution < -0.4 is 4.40 Å². The fourth-order valence-corrected chi connectivity index (χ4v) is 8.96. The summed E-state index contributed by atoms with van der Waals surface area (Å²) in [7, 11) is 0. The molecular formula is C40H45GeIrN3O-2. The fourth-order valence-electron chi connectivity index (χ4n) is 5.62. The van der Waals surface area contributed by atoms with Crippen LogP contribution in [0, 0.1) is 30.9 Å². The first kappa shape index (κ1) is 35.7. The molecular weight excluding hydrogens is 803 g/mol. The van der Waals surface area contributed by atoms with Crippen molar-refractivity contribution in [3.8, 4) is 22.5 Å². The van der Waals surface area contributed by atoms with Gasteiger partial charge in [-0.05, 0) is 43.2 Å². The van der Waals surface area contributed by atoms with Crippen LogP contribution in [0.3, 0.4) is 0 Å². The Hall–Kier alpha value is -3.12. The number of furan rings is 1. The number of benzene rings is 2. The molecule has 0 aliphatic carbocycles. The van der Waals surface area contributed by atoms with Gasteiger partial charge in [-0.15, -0.1) is 23.8 Å². The molecule has 0 spiro atoms. The molecule has 0 aliphatic rings. The summed E-state index contributed by atoms with van der Waals surface area (Å²) in [5.74, 6) is 8.70. The van der Waals surface area contributed by atoms with E-state index in [1.807, 2.05) is 37.4 Å². The van der Waals surface area contributed by atoms with Crippen molar-refractivity contribution in [3.63, 3.8) is 0 Å². The molecule has 241 valence electrons. The van der Waals surface area contributed by atoms with E-state index in [0.717, 1.165) is 63.3 Å². The third kappa shape index (κ3) is 8.82. The van der Waals surface area contributed by atoms with Crippen LogP contribution in [0.1, 0.15) is 50.9 Å². The average molecular weight is 849 g/mol. The Bertz CT molecular complexity index is 1890. The van der Waals surface area contributed by atoms with E-state index in [4.69, 9.17) is 9.40 Å². The minimum Gasteiger partial charge on any atom is -0.486 e. The average Bonchev–Trinajstić information content (AvgIpc) is 3.37. The van der Waals surface area contributed by atoms with Crippen LogP contribution in [0.2, 0.25) is 17.3 Å². The third-order valence-corrected chi connectivity index (χ3v) is 12.5. The number of hydrogen-bond donors (Lipinski definition) is 0. The second kappa shape index (κ2) is 15.6. The maximum Gasteiger partial charge on any atom is 0.216 e. The summed E-state index contributed by atoms with van der Waals surface area (Å²) < 4.78 is 7.39. The van der Waals surface area contributed by atoms with Gasteiger partial charge in [-0.1, -0.05) is 30.9 Å². The zero-order valence-electron chi connectivity index (χ0n) is 28.4. The maximum atomic E-state index is 5.84. The molecule has 6 aromatic rings. The minimum absolute atomic E-state index is 0. The van der Waals surface area contributed by atoms with E-state index < -0.39 is 13.3 Å². The standard InChI is InChI=1S/C21H19N2O.C19H26GeN.Ir/c1-13(2)10-15-8-9-22-19(11-15)16-5-7-20-18(12-16)17-6-4-14(3)23-21(17)24-20;1-6-15(2)12-17-13-19(16-10-8-7-9-11-16)21-14-18(17)20(3,4)5;/h4,6-9,11-13H,10H2,1-3H3;7-10,13-15H,6,12H2,1-5H3;/q2*-1;. The summed E-state index contributed by atoms with van der Waals surface area (Å²) >= 11 is -1.87. The molecule has 4 nitrogen and oxygen atoms in total. The van der Waals surface area contributed by atoms with Crippen LogP contribution in [0.15, 0.2) is 83.5 Å². The molecule has 4 aromatic heterocycles. The maximum absolute atomic E-state index is 5.84. The molecule has 0 bridgehead atoms. The topological polar surface area (TPSA) is 51.8 Å². The van der Waals surface area contributed by atoms with Gasteiger partial charge in [0.25, 0.3) is 0 Å². The molecule has 1 radical (unpaired) electrons. The van der Waals surface area contributed by atoms with E-state index in [1.54, 1.807) is 4.40 Å². The van der Waals surface area contributed by atoms with Crippen molar-refractivity contribution >= 4 is 39.7 Å². The minimum atomic E-state index is -1.87. The quantitative estimate of drug-likeness (QED) is 0.113. The van der Waals surface area contributed by atoms with Crippen LogP contribution in [-0.2, 0) is 32.9 Å². The van der Waals surface area contributed by atoms with Gasteiger partial charge >= 0.3 is 132 Å². The molecule has 0 amide bonds. The molecule has 1 atom stereocenters. The largest absolute Gasteiger partial charge is 0.486 e. The Balaban J connectivity index is 0.000000207. The Morgan fingerprint density at radius 2 is 1.63 bits per heavy atom. The van der Waals surface area contributed by atoms with Crippen molar-refractivity contribution in [1.82, 2.24) is 15.0 Å². The number of rotatable bonds is 8. The Labute approximate surface area is 291 Å². The van der Waals surface area contributed by atoms with Crippen LogP contribution in [0.4, 0.5) is 0 Å². The van der Waals surface area contributed by atoms with Gasteiger partial charge in [-0.25, -0.2) is 4.98 Å². The van der Waals surface area contributed by atoms with E-state index in [2.05, 4.69) is 116 Å². The summed E-state index contributed by atoms with van der Waals surface area (Å²) in [5.41, 5.74) is 9.34. The molecule has 0 aliphatic heterocycles. The second-order valence-corrected chi connectivity index (χ2v) is 24.2. The van der Waals surface area contributed by atoms with Gasteiger partial charge in [0.1, 0.15) is 0 Å². The number of hydrogen-bond acceptors (Lipinski definition) is 4. The van der Waals surface area contributed by atoms with Crippen LogP contribution in [-0.4, -0.2) is 28.2 Å². The van der Waals surface area contributed by atoms with Crippen LogP contribution in [0.25, 0.3) is 44.6 Å². The van der Waals surface area contributed by atoms with Crippen molar-refractivity contribution in [2.24, 2.45) is 11.8 Å². The van der Waals surface area contributed by atoms with Gasteiger partial charge in [0.2, 0.25) is 5.71 Å². The summed E-state index contributed by atoms with van der Waals surface area (Å²) in [6.07, 6.45) is 7.47. The molecule has 1 unspecified atom stereocenters. The molecule has 6 heteroatoms. The molecule has 4 heterocycles. The normalized spacial score (nSPS) is 12.1. The number of pyridine rings is 3. The number of aromatic nitrogens is 3. The fraction of sp³-hybridized carbons (Fsp3) is 0.325. The van der Waals surface area contributed by atoms with E-state index in [-0.39, 0.29) is 20.1 Å². The van der Waals surface area contributed by atoms with Crippen molar-refractivity contribution in [3.05, 3.63) is 108 Å². The van der Waals surface area contributed by atoms with Gasteiger partial charge in [-0.3, -0.25) is 0 Å². The Morgan fingerprint density at radius 1 is 0.848 bits per heavy atom. The molecule has 6 rings (SSSR count). The predicted octanol–water partition coefficient (Wildman–Crippen LogP) is 10.0. The van der Waals surface area contributed by atoms with Crippen molar-refractivity contribution in [2.45, 2.75) is 71.1 Å². The first-order chi connectivity index (χ1) is 21.5. The molecule has 0 saturated carbocycles. The zero-order chi connectivity index (χ0) is 32.1. The van der Waals surface area contributed by atoms with Gasteiger partial charge in [0.15, 0.2) is 0 Å². The molecule has 0 fully saturated rings. The van der Waals surface area contributed by atoms with E-state index in [0.29, 0.717) is 11.6 Å². The summed E-state index contributed by atoms with van der Waals surface area (Å²) in [6.45, 7) is 11.0. The molecule has 0 N–H and O–H groups in total. The molecule has 0 saturated heterocycles. The first-order valence-electron chi connectivity index (χ1n) is 16.1. The molecule has 46 heavy (non-hydrogen) atoms. The van der Waals surface area contributed by atoms with E-state index in [9.17, 15) is 0 Å². The monoisotopic (exact) mass is 850 g/mol. The predicted molar refractivity (Wildman–Crippen MR) is 192 cm³/mol. The van der Waals surface area contributed by atoms with Crippen molar-refractivity contribution in [2.75, 3.05) is 0 Å². The molecule has 2 aromatic carbocycles. The Morgan fingerprint density at radius 3 is 2.33 bits per heavy atom. The van der Waals surface area contributed by atoms with Gasteiger partial charge in [0, 0.05) is 37.4 Å². The number of nitrogens with zero attached hydrogens (tertiary/aromatic N) is 3. The number of aryl methyl sites for hydroxylation is 1. The second-order valence-electron chi connectivity index (χ2n) is 13.6. The summed E-state index contributed by atoms with van der Waals surface area (Å²) in [5, 5.41) is 2.09. The summed E-state index contributed by atoms with van der Waals surface area (Å²) in [4.78, 5) is 13.7. The SMILES string of the molecule is CCC(C)Cc1cc(-c2[c-]cccc2)nc[c]1[Ge]([CH3])([CH3])[CH3].Cc1ccc2c(n1)oc1c[c-]c(-c3cc(CC(C)C)ccn3)cc12.[Ir]. The number of fused-ring (bicyclic) bond motifs is 3. The first-order valence-corrected chi connectivity index (χ1v) is 23.5. The van der Waals surface area contributed by atoms with E-state index >= 15 is 0 Å².